The Labute approximate surface area is 285 Å². The summed E-state index contributed by atoms with van der Waals surface area (Å²) in [5.74, 6) is 0. The third kappa shape index (κ3) is 3.79. The van der Waals surface area contributed by atoms with Crippen LogP contribution in [0.5, 0.6) is 0 Å². The molecule has 0 N–H and O–H groups in total. The minimum absolute atomic E-state index is 0.108. The molecular weight excluding hydrogens is 591 g/mol. The molecule has 0 bridgehead atoms. The second-order valence-corrected chi connectivity index (χ2v) is 13.3. The lowest BCUT2D eigenvalue weighted by Crippen LogP contribution is -2.61. The van der Waals surface area contributed by atoms with Crippen molar-refractivity contribution in [2.24, 2.45) is 0 Å². The second-order valence-electron chi connectivity index (χ2n) is 13.3. The normalized spacial score (nSPS) is 13.2. The molecule has 2 nitrogen and oxygen atoms in total. The maximum atomic E-state index is 2.48. The highest BCUT2D eigenvalue weighted by Gasteiger charge is 2.43. The van der Waals surface area contributed by atoms with Crippen LogP contribution in [0.4, 0.5) is 34.1 Å². The molecule has 9 aromatic rings. The molecule has 0 unspecified atom stereocenters. The lowest BCUT2D eigenvalue weighted by molar-refractivity contribution is 1.25. The van der Waals surface area contributed by atoms with Crippen LogP contribution < -0.4 is 26.2 Å². The van der Waals surface area contributed by atoms with Gasteiger partial charge in [0.25, 0.3) is 6.71 Å². The van der Waals surface area contributed by atoms with Gasteiger partial charge in [-0.05, 0) is 120 Å². The van der Waals surface area contributed by atoms with E-state index >= 15 is 0 Å². The van der Waals surface area contributed by atoms with E-state index in [9.17, 15) is 0 Å². The van der Waals surface area contributed by atoms with E-state index in [4.69, 9.17) is 0 Å². The summed E-state index contributed by atoms with van der Waals surface area (Å²) < 4.78 is 0. The van der Waals surface area contributed by atoms with E-state index in [0.717, 1.165) is 11.4 Å². The van der Waals surface area contributed by atoms with Crippen LogP contribution in [0.1, 0.15) is 0 Å². The zero-order chi connectivity index (χ0) is 32.1. The van der Waals surface area contributed by atoms with Crippen LogP contribution in [0.3, 0.4) is 0 Å². The van der Waals surface area contributed by atoms with Crippen LogP contribution in [0, 0.1) is 0 Å². The van der Waals surface area contributed by atoms with Gasteiger partial charge in [-0.15, -0.1) is 0 Å². The summed E-state index contributed by atoms with van der Waals surface area (Å²) in [5.41, 5.74) is 13.7. The van der Waals surface area contributed by atoms with Crippen molar-refractivity contribution in [3.63, 3.8) is 0 Å². The number of fused-ring (bicyclic) bond motifs is 4. The lowest BCUT2D eigenvalue weighted by atomic mass is 9.33. The molecule has 0 saturated carbocycles. The van der Waals surface area contributed by atoms with E-state index in [0.29, 0.717) is 0 Å². The van der Waals surface area contributed by atoms with Crippen LogP contribution in [-0.4, -0.2) is 6.71 Å². The van der Waals surface area contributed by atoms with E-state index in [-0.39, 0.29) is 6.71 Å². The van der Waals surface area contributed by atoms with Gasteiger partial charge in [-0.1, -0.05) is 115 Å². The third-order valence-electron chi connectivity index (χ3n) is 10.7. The molecule has 0 aromatic heterocycles. The smallest absolute Gasteiger partial charge is 0.252 e. The molecular formula is C46H29BN2. The first kappa shape index (κ1) is 26.7. The second kappa shape index (κ2) is 10.1. The third-order valence-corrected chi connectivity index (χ3v) is 10.7. The first-order valence-corrected chi connectivity index (χ1v) is 17.1. The Hall–Kier alpha value is -6.32. The predicted molar refractivity (Wildman–Crippen MR) is 210 cm³/mol. The monoisotopic (exact) mass is 620 g/mol. The summed E-state index contributed by atoms with van der Waals surface area (Å²) in [6, 6.07) is 65.1. The molecule has 49 heavy (non-hydrogen) atoms. The van der Waals surface area contributed by atoms with Crippen molar-refractivity contribution in [2.75, 3.05) is 9.80 Å². The first-order chi connectivity index (χ1) is 24.3. The zero-order valence-electron chi connectivity index (χ0n) is 26.7. The van der Waals surface area contributed by atoms with Crippen LogP contribution in [0.25, 0.3) is 43.4 Å². The Morgan fingerprint density at radius 2 is 0.755 bits per heavy atom. The summed E-state index contributed by atoms with van der Waals surface area (Å²) >= 11 is 0. The largest absolute Gasteiger partial charge is 0.311 e. The van der Waals surface area contributed by atoms with Crippen molar-refractivity contribution in [1.29, 1.82) is 0 Å². The number of para-hydroxylation sites is 4. The van der Waals surface area contributed by atoms with E-state index < -0.39 is 0 Å². The quantitative estimate of drug-likeness (QED) is 0.143. The Bertz CT molecular complexity index is 2560. The number of benzene rings is 9. The molecule has 0 amide bonds. The van der Waals surface area contributed by atoms with Gasteiger partial charge in [0.05, 0.1) is 0 Å². The van der Waals surface area contributed by atoms with E-state index in [1.54, 1.807) is 0 Å². The van der Waals surface area contributed by atoms with Crippen molar-refractivity contribution in [2.45, 2.75) is 0 Å². The molecule has 2 aliphatic rings. The molecule has 9 aromatic carbocycles. The van der Waals surface area contributed by atoms with Gasteiger partial charge in [0.1, 0.15) is 0 Å². The van der Waals surface area contributed by atoms with Crippen LogP contribution in [-0.2, 0) is 0 Å². The standard InChI is InChI=1S/C46H29BN2/c1-3-14-36(15-4-1)48-40-20-9-7-18-38(40)47-39-19-8-10-21-41(39)49(37-16-5-2-6-17-37)43-29-35(28-42(48)46(43)47)34-26-32-24-22-30-12-11-13-31-23-25-33(27-34)45(32)44(30)31/h1-29H. The van der Waals surface area contributed by atoms with Crippen molar-refractivity contribution >= 4 is 89.5 Å². The summed E-state index contributed by atoms with van der Waals surface area (Å²) in [5, 5.41) is 7.83. The van der Waals surface area contributed by atoms with E-state index in [1.807, 2.05) is 0 Å². The van der Waals surface area contributed by atoms with E-state index in [1.165, 1.54) is 82.6 Å². The van der Waals surface area contributed by atoms with E-state index in [2.05, 4.69) is 186 Å². The molecule has 0 saturated heterocycles. The fraction of sp³-hybridized carbons (Fsp3) is 0. The minimum Gasteiger partial charge on any atom is -0.311 e. The van der Waals surface area contributed by atoms with Gasteiger partial charge in [0, 0.05) is 34.1 Å². The van der Waals surface area contributed by atoms with Gasteiger partial charge >= 0.3 is 0 Å². The lowest BCUT2D eigenvalue weighted by Gasteiger charge is -2.44. The van der Waals surface area contributed by atoms with Gasteiger partial charge in [0.15, 0.2) is 0 Å². The molecule has 0 atom stereocenters. The van der Waals surface area contributed by atoms with Crippen molar-refractivity contribution in [1.82, 2.24) is 0 Å². The maximum absolute atomic E-state index is 2.48. The van der Waals surface area contributed by atoms with Crippen molar-refractivity contribution in [3.8, 4) is 11.1 Å². The van der Waals surface area contributed by atoms with Crippen molar-refractivity contribution < 1.29 is 0 Å². The Balaban J connectivity index is 1.25. The fourth-order valence-electron chi connectivity index (χ4n) is 8.69. The van der Waals surface area contributed by atoms with Crippen molar-refractivity contribution in [3.05, 3.63) is 176 Å². The molecule has 3 heteroatoms. The minimum atomic E-state index is 0.108. The number of hydrogen-bond acceptors (Lipinski definition) is 2. The van der Waals surface area contributed by atoms with Crippen LogP contribution in [0.15, 0.2) is 176 Å². The summed E-state index contributed by atoms with van der Waals surface area (Å²) in [6.07, 6.45) is 0. The maximum Gasteiger partial charge on any atom is 0.252 e. The molecule has 0 radical (unpaired) electrons. The topological polar surface area (TPSA) is 6.48 Å². The molecule has 2 aliphatic heterocycles. The predicted octanol–water partition coefficient (Wildman–Crippen LogP) is 10.3. The van der Waals surface area contributed by atoms with Gasteiger partial charge < -0.3 is 9.80 Å². The molecule has 226 valence electrons. The number of hydrogen-bond donors (Lipinski definition) is 0. The highest BCUT2D eigenvalue weighted by molar-refractivity contribution is 7.00. The average molecular weight is 621 g/mol. The molecule has 11 rings (SSSR count). The summed E-state index contributed by atoms with van der Waals surface area (Å²) in [7, 11) is 0. The Kier molecular flexibility index (Phi) is 5.50. The highest BCUT2D eigenvalue weighted by atomic mass is 15.2. The van der Waals surface area contributed by atoms with Gasteiger partial charge in [-0.25, -0.2) is 0 Å². The molecule has 2 heterocycles. The van der Waals surface area contributed by atoms with Gasteiger partial charge in [-0.3, -0.25) is 0 Å². The number of rotatable bonds is 3. The average Bonchev–Trinajstić information content (AvgIpc) is 3.17. The highest BCUT2D eigenvalue weighted by Crippen LogP contribution is 2.46. The zero-order valence-corrected chi connectivity index (χ0v) is 26.7. The SMILES string of the molecule is c1ccc(N2c3ccccc3B3c4ccccc4N(c4ccccc4)c4cc(-c5cc6ccc7cccc8ccc(c5)c6c78)cc2c43)cc1. The first-order valence-electron chi connectivity index (χ1n) is 17.1. The fourth-order valence-corrected chi connectivity index (χ4v) is 8.69. The molecule has 0 spiro atoms. The Morgan fingerprint density at radius 1 is 0.327 bits per heavy atom. The van der Waals surface area contributed by atoms with Gasteiger partial charge in [0.2, 0.25) is 0 Å². The molecule has 0 fully saturated rings. The summed E-state index contributed by atoms with van der Waals surface area (Å²) in [6.45, 7) is 0.108. The summed E-state index contributed by atoms with van der Waals surface area (Å²) in [4.78, 5) is 4.96. The van der Waals surface area contributed by atoms with Crippen LogP contribution in [0.2, 0.25) is 0 Å². The van der Waals surface area contributed by atoms with Crippen LogP contribution >= 0.6 is 0 Å². The molecule has 0 aliphatic carbocycles. The van der Waals surface area contributed by atoms with Gasteiger partial charge in [-0.2, -0.15) is 0 Å². The number of anilines is 6. The number of nitrogens with zero attached hydrogens (tertiary/aromatic N) is 2. The Morgan fingerprint density at radius 3 is 1.29 bits per heavy atom.